The van der Waals surface area contributed by atoms with E-state index in [-0.39, 0.29) is 0 Å². The van der Waals surface area contributed by atoms with Crippen LogP contribution in [0.5, 0.6) is 5.75 Å². The largest absolute Gasteiger partial charge is 0.496 e. The Morgan fingerprint density at radius 3 is 2.44 bits per heavy atom. The molecule has 128 valence electrons. The number of piperidine rings is 1. The second kappa shape index (κ2) is 7.28. The van der Waals surface area contributed by atoms with Crippen molar-refractivity contribution in [2.75, 3.05) is 20.2 Å². The van der Waals surface area contributed by atoms with Gasteiger partial charge in [-0.3, -0.25) is 0 Å². The number of benzene rings is 3. The number of hydrogen-bond donors (Lipinski definition) is 1. The van der Waals surface area contributed by atoms with Crippen molar-refractivity contribution in [2.24, 2.45) is 0 Å². The molecule has 1 fully saturated rings. The number of methoxy groups -OCH3 is 1. The van der Waals surface area contributed by atoms with E-state index in [1.165, 1.54) is 47.8 Å². The van der Waals surface area contributed by atoms with Gasteiger partial charge in [0.05, 0.1) is 20.2 Å². The van der Waals surface area contributed by atoms with Crippen LogP contribution < -0.4 is 9.64 Å². The van der Waals surface area contributed by atoms with Gasteiger partial charge in [-0.25, -0.2) is 0 Å². The second-order valence-corrected chi connectivity index (χ2v) is 7.08. The topological polar surface area (TPSA) is 13.7 Å². The summed E-state index contributed by atoms with van der Waals surface area (Å²) in [5.74, 6) is 1.68. The van der Waals surface area contributed by atoms with Crippen molar-refractivity contribution >= 4 is 10.8 Å². The molecule has 0 aromatic heterocycles. The molecule has 1 N–H and O–H groups in total. The van der Waals surface area contributed by atoms with Gasteiger partial charge in [-0.1, -0.05) is 60.7 Å². The summed E-state index contributed by atoms with van der Waals surface area (Å²) in [5.41, 5.74) is 2.86. The molecule has 0 radical (unpaired) electrons. The van der Waals surface area contributed by atoms with Crippen LogP contribution in [0.2, 0.25) is 0 Å². The van der Waals surface area contributed by atoms with Gasteiger partial charge in [0, 0.05) is 18.4 Å². The molecule has 0 bridgehead atoms. The molecule has 3 aromatic rings. The highest BCUT2D eigenvalue weighted by atomic mass is 16.5. The van der Waals surface area contributed by atoms with Crippen molar-refractivity contribution in [3.8, 4) is 5.75 Å². The molecule has 1 saturated heterocycles. The van der Waals surface area contributed by atoms with Crippen LogP contribution in [-0.2, 0) is 6.54 Å². The first kappa shape index (κ1) is 16.2. The van der Waals surface area contributed by atoms with Crippen molar-refractivity contribution in [1.82, 2.24) is 0 Å². The van der Waals surface area contributed by atoms with Crippen LogP contribution in [0.3, 0.4) is 0 Å². The summed E-state index contributed by atoms with van der Waals surface area (Å²) in [7, 11) is 1.78. The van der Waals surface area contributed by atoms with Gasteiger partial charge in [-0.05, 0) is 28.3 Å². The third kappa shape index (κ3) is 3.40. The number of hydrogen-bond acceptors (Lipinski definition) is 1. The molecule has 3 aromatic carbocycles. The summed E-state index contributed by atoms with van der Waals surface area (Å²) >= 11 is 0. The number of para-hydroxylation sites is 1. The molecule has 0 atom stereocenters. The molecular weight excluding hydrogens is 306 g/mol. The average Bonchev–Trinajstić information content (AvgIpc) is 2.69. The molecular formula is C23H26NO+. The predicted octanol–water partition coefficient (Wildman–Crippen LogP) is 3.81. The molecule has 1 aliphatic heterocycles. The van der Waals surface area contributed by atoms with E-state index in [0.717, 1.165) is 12.3 Å². The van der Waals surface area contributed by atoms with Gasteiger partial charge >= 0.3 is 0 Å². The summed E-state index contributed by atoms with van der Waals surface area (Å²) in [6, 6.07) is 23.9. The van der Waals surface area contributed by atoms with E-state index >= 15 is 0 Å². The number of likely N-dealkylation sites (tertiary alicyclic amines) is 1. The molecule has 2 nitrogen and oxygen atoms in total. The molecule has 0 aliphatic carbocycles. The van der Waals surface area contributed by atoms with Gasteiger partial charge < -0.3 is 9.64 Å². The molecule has 1 aliphatic rings. The molecule has 2 heteroatoms. The van der Waals surface area contributed by atoms with Gasteiger partial charge in [0.2, 0.25) is 0 Å². The predicted molar refractivity (Wildman–Crippen MR) is 103 cm³/mol. The lowest BCUT2D eigenvalue weighted by Gasteiger charge is -2.30. The lowest BCUT2D eigenvalue weighted by molar-refractivity contribution is -0.918. The van der Waals surface area contributed by atoms with Crippen LogP contribution in [0.4, 0.5) is 0 Å². The third-order valence-corrected chi connectivity index (χ3v) is 5.59. The van der Waals surface area contributed by atoms with E-state index in [2.05, 4.69) is 66.7 Å². The zero-order chi connectivity index (χ0) is 17.1. The minimum Gasteiger partial charge on any atom is -0.496 e. The molecule has 0 unspecified atom stereocenters. The Balaban J connectivity index is 1.45. The van der Waals surface area contributed by atoms with Crippen LogP contribution in [0.1, 0.15) is 29.9 Å². The molecule has 1 heterocycles. The SMILES string of the molecule is COc1ccccc1C1CC[NH+](Cc2cccc3ccccc23)CC1. The second-order valence-electron chi connectivity index (χ2n) is 7.08. The smallest absolute Gasteiger partial charge is 0.122 e. The van der Waals surface area contributed by atoms with Crippen LogP contribution in [0.25, 0.3) is 10.8 Å². The Labute approximate surface area is 150 Å². The van der Waals surface area contributed by atoms with E-state index in [1.807, 2.05) is 0 Å². The van der Waals surface area contributed by atoms with Crippen LogP contribution in [-0.4, -0.2) is 20.2 Å². The average molecular weight is 332 g/mol. The first-order valence-electron chi connectivity index (χ1n) is 9.28. The highest BCUT2D eigenvalue weighted by Gasteiger charge is 2.25. The van der Waals surface area contributed by atoms with Gasteiger partial charge in [0.25, 0.3) is 0 Å². The monoisotopic (exact) mass is 332 g/mol. The summed E-state index contributed by atoms with van der Waals surface area (Å²) < 4.78 is 5.56. The summed E-state index contributed by atoms with van der Waals surface area (Å²) in [6.07, 6.45) is 2.47. The van der Waals surface area contributed by atoms with Crippen molar-refractivity contribution < 1.29 is 9.64 Å². The zero-order valence-electron chi connectivity index (χ0n) is 14.9. The summed E-state index contributed by atoms with van der Waals surface area (Å²) in [5, 5.41) is 2.76. The van der Waals surface area contributed by atoms with Crippen LogP contribution in [0, 0.1) is 0 Å². The quantitative estimate of drug-likeness (QED) is 0.767. The van der Waals surface area contributed by atoms with Crippen molar-refractivity contribution in [1.29, 1.82) is 0 Å². The Bertz CT molecular complexity index is 844. The minimum atomic E-state index is 0.632. The van der Waals surface area contributed by atoms with Gasteiger partial charge in [0.1, 0.15) is 12.3 Å². The first-order valence-corrected chi connectivity index (χ1v) is 9.28. The molecule has 0 saturated carbocycles. The number of nitrogens with one attached hydrogen (secondary N) is 1. The highest BCUT2D eigenvalue weighted by Crippen LogP contribution is 2.31. The van der Waals surface area contributed by atoms with Crippen molar-refractivity contribution in [3.05, 3.63) is 77.9 Å². The summed E-state index contributed by atoms with van der Waals surface area (Å²) in [6.45, 7) is 3.58. The first-order chi connectivity index (χ1) is 12.3. The standard InChI is InChI=1S/C23H25NO/c1-25-23-12-5-4-11-22(23)19-13-15-24(16-14-19)17-20-9-6-8-18-7-2-3-10-21(18)20/h2-12,19H,13-17H2,1H3/p+1. The fourth-order valence-electron chi connectivity index (χ4n) is 4.23. The van der Waals surface area contributed by atoms with E-state index < -0.39 is 0 Å². The van der Waals surface area contributed by atoms with Crippen LogP contribution in [0.15, 0.2) is 66.7 Å². The maximum atomic E-state index is 5.56. The number of ether oxygens (including phenoxy) is 1. The van der Waals surface area contributed by atoms with E-state index in [0.29, 0.717) is 5.92 Å². The lowest BCUT2D eigenvalue weighted by Crippen LogP contribution is -3.11. The Morgan fingerprint density at radius 1 is 0.880 bits per heavy atom. The lowest BCUT2D eigenvalue weighted by atomic mass is 9.88. The van der Waals surface area contributed by atoms with Crippen LogP contribution >= 0.6 is 0 Å². The zero-order valence-corrected chi connectivity index (χ0v) is 14.9. The van der Waals surface area contributed by atoms with E-state index in [1.54, 1.807) is 12.0 Å². The molecule has 25 heavy (non-hydrogen) atoms. The summed E-state index contributed by atoms with van der Waals surface area (Å²) in [4.78, 5) is 1.70. The maximum absolute atomic E-state index is 5.56. The number of rotatable bonds is 4. The Morgan fingerprint density at radius 2 is 1.60 bits per heavy atom. The fraction of sp³-hybridized carbons (Fsp3) is 0.304. The molecule has 4 rings (SSSR count). The molecule has 0 spiro atoms. The van der Waals surface area contributed by atoms with E-state index in [9.17, 15) is 0 Å². The number of quaternary nitrogens is 1. The normalized spacial score (nSPS) is 20.5. The minimum absolute atomic E-state index is 0.632. The maximum Gasteiger partial charge on any atom is 0.122 e. The van der Waals surface area contributed by atoms with E-state index in [4.69, 9.17) is 4.74 Å². The number of fused-ring (bicyclic) bond motifs is 1. The fourth-order valence-corrected chi connectivity index (χ4v) is 4.23. The molecule has 0 amide bonds. The van der Waals surface area contributed by atoms with Gasteiger partial charge in [-0.15, -0.1) is 0 Å². The highest BCUT2D eigenvalue weighted by molar-refractivity contribution is 5.85. The Hall–Kier alpha value is -2.32. The Kier molecular flexibility index (Phi) is 4.71. The van der Waals surface area contributed by atoms with Gasteiger partial charge in [0.15, 0.2) is 0 Å². The van der Waals surface area contributed by atoms with Crippen molar-refractivity contribution in [3.63, 3.8) is 0 Å². The third-order valence-electron chi connectivity index (χ3n) is 5.59. The van der Waals surface area contributed by atoms with Gasteiger partial charge in [-0.2, -0.15) is 0 Å². The van der Waals surface area contributed by atoms with Crippen molar-refractivity contribution in [2.45, 2.75) is 25.3 Å².